The number of aromatic nitrogens is 2. The Morgan fingerprint density at radius 1 is 1.19 bits per heavy atom. The van der Waals surface area contributed by atoms with Gasteiger partial charge in [0.2, 0.25) is 0 Å². The molecule has 144 valence electrons. The van der Waals surface area contributed by atoms with Gasteiger partial charge in [0.1, 0.15) is 11.9 Å². The molecule has 1 saturated heterocycles. The van der Waals surface area contributed by atoms with E-state index in [1.807, 2.05) is 18.9 Å². The molecule has 7 nitrogen and oxygen atoms in total. The number of anilines is 2. The van der Waals surface area contributed by atoms with Crippen LogP contribution in [0.5, 0.6) is 0 Å². The molecule has 0 bridgehead atoms. The Bertz CT molecular complexity index is 1050. The van der Waals surface area contributed by atoms with Crippen LogP contribution in [0.1, 0.15) is 12.5 Å². The second-order valence-electron chi connectivity index (χ2n) is 7.46. The van der Waals surface area contributed by atoms with Gasteiger partial charge in [-0.1, -0.05) is 11.6 Å². The lowest BCUT2D eigenvalue weighted by molar-refractivity contribution is -0.120. The summed E-state index contributed by atoms with van der Waals surface area (Å²) in [4.78, 5) is 35.4. The van der Waals surface area contributed by atoms with Gasteiger partial charge in [0, 0.05) is 38.8 Å². The van der Waals surface area contributed by atoms with E-state index in [1.54, 1.807) is 14.0 Å². The van der Waals surface area contributed by atoms with Gasteiger partial charge >= 0.3 is 5.69 Å². The summed E-state index contributed by atoms with van der Waals surface area (Å²) in [5, 5.41) is 0.569. The molecule has 2 aromatic rings. The second-order valence-corrected chi connectivity index (χ2v) is 7.83. The Kier molecular flexibility index (Phi) is 3.98. The number of nitrogens with zero attached hydrogens (tertiary/aromatic N) is 5. The molecule has 1 fully saturated rings. The third kappa shape index (κ3) is 2.32. The van der Waals surface area contributed by atoms with Gasteiger partial charge in [-0.15, -0.1) is 0 Å². The van der Waals surface area contributed by atoms with Crippen LogP contribution in [0.25, 0.3) is 10.9 Å². The van der Waals surface area contributed by atoms with Gasteiger partial charge in [-0.3, -0.25) is 14.3 Å². The molecule has 1 aromatic heterocycles. The Morgan fingerprint density at radius 2 is 1.85 bits per heavy atom. The van der Waals surface area contributed by atoms with Gasteiger partial charge in [0.25, 0.3) is 5.91 Å². The number of likely N-dealkylation sites (N-methyl/N-ethyl adjacent to an activating group) is 2. The molecule has 3 heterocycles. The highest BCUT2D eigenvalue weighted by Crippen LogP contribution is 2.44. The molecule has 0 aliphatic carbocycles. The maximum absolute atomic E-state index is 15.1. The van der Waals surface area contributed by atoms with Crippen LogP contribution in [0.2, 0.25) is 5.02 Å². The van der Waals surface area contributed by atoms with E-state index in [9.17, 15) is 9.59 Å². The third-order valence-electron chi connectivity index (χ3n) is 5.87. The smallest absolute Gasteiger partial charge is 0.341 e. The number of carbonyl (C=O) groups is 1. The van der Waals surface area contributed by atoms with E-state index in [-0.39, 0.29) is 28.1 Å². The topological polar surface area (TPSA) is 61.7 Å². The lowest BCUT2D eigenvalue weighted by Gasteiger charge is -2.43. The largest absolute Gasteiger partial charge is 0.349 e. The highest BCUT2D eigenvalue weighted by atomic mass is 35.5. The molecule has 2 aliphatic heterocycles. The Balaban J connectivity index is 2.18. The van der Waals surface area contributed by atoms with Crippen molar-refractivity contribution in [3.05, 3.63) is 26.9 Å². The van der Waals surface area contributed by atoms with Crippen LogP contribution in [0.4, 0.5) is 15.9 Å². The van der Waals surface area contributed by atoms with Crippen molar-refractivity contribution in [2.75, 3.05) is 37.0 Å². The van der Waals surface area contributed by atoms with Crippen molar-refractivity contribution >= 4 is 39.9 Å². The minimum Gasteiger partial charge on any atom is -0.341 e. The predicted molar refractivity (Wildman–Crippen MR) is 103 cm³/mol. The zero-order valence-corrected chi connectivity index (χ0v) is 16.6. The van der Waals surface area contributed by atoms with E-state index >= 15 is 4.39 Å². The van der Waals surface area contributed by atoms with Crippen LogP contribution in [-0.2, 0) is 11.8 Å². The van der Waals surface area contributed by atoms with Gasteiger partial charge in [-0.2, -0.15) is 4.98 Å². The van der Waals surface area contributed by atoms with Crippen LogP contribution in [0.3, 0.4) is 0 Å². The maximum Gasteiger partial charge on any atom is 0.349 e. The summed E-state index contributed by atoms with van der Waals surface area (Å²) in [6.07, 6.45) is 0. The Hall–Kier alpha value is -2.19. The van der Waals surface area contributed by atoms with Crippen molar-refractivity contribution in [1.29, 1.82) is 0 Å². The van der Waals surface area contributed by atoms with E-state index < -0.39 is 17.5 Å². The molecule has 0 radical (unpaired) electrons. The molecule has 0 N–H and O–H groups in total. The quantitative estimate of drug-likeness (QED) is 0.679. The average molecular weight is 394 g/mol. The van der Waals surface area contributed by atoms with E-state index in [4.69, 9.17) is 11.6 Å². The van der Waals surface area contributed by atoms with Crippen LogP contribution < -0.4 is 15.5 Å². The number of aryl methyl sites for hydroxylation is 1. The first-order valence-corrected chi connectivity index (χ1v) is 9.15. The lowest BCUT2D eigenvalue weighted by Crippen LogP contribution is -2.61. The maximum atomic E-state index is 15.1. The van der Waals surface area contributed by atoms with Crippen molar-refractivity contribution < 1.29 is 9.18 Å². The van der Waals surface area contributed by atoms with Crippen molar-refractivity contribution in [1.82, 2.24) is 14.5 Å². The molecule has 2 unspecified atom stereocenters. The normalized spacial score (nSPS) is 23.0. The highest BCUT2D eigenvalue weighted by molar-refractivity contribution is 6.37. The molecule has 1 amide bonds. The molecule has 4 rings (SSSR count). The summed E-state index contributed by atoms with van der Waals surface area (Å²) in [5.41, 5.74) is 0.162. The van der Waals surface area contributed by atoms with Gasteiger partial charge in [0.15, 0.2) is 5.82 Å². The summed E-state index contributed by atoms with van der Waals surface area (Å²) in [7, 11) is 5.07. The van der Waals surface area contributed by atoms with E-state index in [1.165, 1.54) is 16.5 Å². The number of rotatable bonds is 0. The van der Waals surface area contributed by atoms with Gasteiger partial charge in [-0.25, -0.2) is 9.18 Å². The number of hydrogen-bond donors (Lipinski definition) is 0. The summed E-state index contributed by atoms with van der Waals surface area (Å²) in [5.74, 6) is -0.397. The van der Waals surface area contributed by atoms with Gasteiger partial charge < -0.3 is 9.80 Å². The number of hydrogen-bond acceptors (Lipinski definition) is 5. The minimum atomic E-state index is -0.566. The molecule has 2 atom stereocenters. The summed E-state index contributed by atoms with van der Waals surface area (Å²) < 4.78 is 16.3. The monoisotopic (exact) mass is 393 g/mol. The van der Waals surface area contributed by atoms with Gasteiger partial charge in [0.05, 0.1) is 21.6 Å². The fourth-order valence-corrected chi connectivity index (χ4v) is 4.34. The summed E-state index contributed by atoms with van der Waals surface area (Å²) >= 11 is 6.49. The van der Waals surface area contributed by atoms with E-state index in [0.717, 1.165) is 0 Å². The van der Waals surface area contributed by atoms with E-state index in [0.29, 0.717) is 30.0 Å². The first-order valence-electron chi connectivity index (χ1n) is 8.77. The fraction of sp³-hybridized carbons (Fsp3) is 0.500. The van der Waals surface area contributed by atoms with Crippen molar-refractivity contribution in [2.45, 2.75) is 25.9 Å². The van der Waals surface area contributed by atoms with Crippen molar-refractivity contribution in [3.63, 3.8) is 0 Å². The fourth-order valence-electron chi connectivity index (χ4n) is 4.03. The average Bonchev–Trinajstić information content (AvgIpc) is 2.70. The summed E-state index contributed by atoms with van der Waals surface area (Å²) in [6, 6.07) is -0.376. The SMILES string of the molecule is Cc1c(Cl)c2c3c(nc(=O)n(C)c3c1F)N1CC(C)N(C)CC1C(=O)N2C. The molecule has 0 spiro atoms. The number of amides is 1. The summed E-state index contributed by atoms with van der Waals surface area (Å²) in [6.45, 7) is 4.57. The standard InChI is InChI=1S/C18H21ClFN5O2/c1-8-6-25-10(7-22(8)3)17(26)23(4)14-11-15(13(20)9(2)12(14)19)24(5)18(27)21-16(11)25/h8,10H,6-7H2,1-5H3. The molecule has 0 saturated carbocycles. The zero-order valence-electron chi connectivity index (χ0n) is 15.9. The number of halogens is 2. The Labute approximate surface area is 160 Å². The van der Waals surface area contributed by atoms with Crippen LogP contribution in [0.15, 0.2) is 4.79 Å². The molecule has 2 aliphatic rings. The predicted octanol–water partition coefficient (Wildman–Crippen LogP) is 1.52. The molecule has 9 heteroatoms. The minimum absolute atomic E-state index is 0.119. The first-order chi connectivity index (χ1) is 12.6. The third-order valence-corrected chi connectivity index (χ3v) is 6.33. The van der Waals surface area contributed by atoms with Gasteiger partial charge in [-0.05, 0) is 20.9 Å². The lowest BCUT2D eigenvalue weighted by atomic mass is 10.1. The molecule has 27 heavy (non-hydrogen) atoms. The highest BCUT2D eigenvalue weighted by Gasteiger charge is 2.42. The van der Waals surface area contributed by atoms with Crippen LogP contribution in [0, 0.1) is 12.7 Å². The Morgan fingerprint density at radius 3 is 2.52 bits per heavy atom. The number of fused-ring (bicyclic) bond motifs is 2. The van der Waals surface area contributed by atoms with Crippen molar-refractivity contribution in [2.24, 2.45) is 7.05 Å². The first kappa shape index (κ1) is 18.2. The molecular formula is C18H21ClFN5O2. The van der Waals surface area contributed by atoms with Crippen LogP contribution in [-0.4, -0.2) is 59.6 Å². The molecular weight excluding hydrogens is 373 g/mol. The molecule has 1 aromatic carbocycles. The zero-order chi connectivity index (χ0) is 19.8. The number of piperazine rings is 1. The van der Waals surface area contributed by atoms with E-state index in [2.05, 4.69) is 9.88 Å². The number of carbonyl (C=O) groups excluding carboxylic acids is 1. The number of benzene rings is 1. The van der Waals surface area contributed by atoms with Crippen LogP contribution >= 0.6 is 11.6 Å². The second kappa shape index (κ2) is 5.90. The van der Waals surface area contributed by atoms with Crippen molar-refractivity contribution in [3.8, 4) is 0 Å².